The van der Waals surface area contributed by atoms with E-state index in [9.17, 15) is 9.59 Å². The van der Waals surface area contributed by atoms with E-state index in [4.69, 9.17) is 9.15 Å². The predicted octanol–water partition coefficient (Wildman–Crippen LogP) is 6.20. The Labute approximate surface area is 180 Å². The molecule has 0 N–H and O–H groups in total. The SMILES string of the molecule is O=C(/C=C/c1ccc(-c2ccc(C(=O)OCc3ccccc3)cc2)o1)c1ccccc1. The van der Waals surface area contributed by atoms with Gasteiger partial charge < -0.3 is 9.15 Å². The van der Waals surface area contributed by atoms with E-state index in [2.05, 4.69) is 0 Å². The molecular formula is C27H20O4. The third kappa shape index (κ3) is 5.25. The Bertz CT molecular complexity index is 1190. The van der Waals surface area contributed by atoms with Crippen molar-refractivity contribution in [3.05, 3.63) is 126 Å². The lowest BCUT2D eigenvalue weighted by molar-refractivity contribution is 0.0472. The van der Waals surface area contributed by atoms with Crippen LogP contribution in [0.3, 0.4) is 0 Å². The summed E-state index contributed by atoms with van der Waals surface area (Å²) in [6.07, 6.45) is 3.14. The summed E-state index contributed by atoms with van der Waals surface area (Å²) in [6, 6.07) is 29.3. The molecule has 0 unspecified atom stereocenters. The van der Waals surface area contributed by atoms with Crippen LogP contribution in [0.1, 0.15) is 32.0 Å². The molecule has 0 spiro atoms. The molecule has 0 aliphatic heterocycles. The van der Waals surface area contributed by atoms with E-state index in [1.807, 2.05) is 54.6 Å². The number of carbonyl (C=O) groups is 2. The monoisotopic (exact) mass is 408 g/mol. The lowest BCUT2D eigenvalue weighted by Crippen LogP contribution is -2.04. The van der Waals surface area contributed by atoms with Crippen LogP contribution in [0.4, 0.5) is 0 Å². The first kappa shape index (κ1) is 20.1. The molecular weight excluding hydrogens is 388 g/mol. The molecule has 4 aromatic rings. The number of esters is 1. The van der Waals surface area contributed by atoms with Gasteiger partial charge in [-0.25, -0.2) is 4.79 Å². The van der Waals surface area contributed by atoms with Crippen molar-refractivity contribution < 1.29 is 18.7 Å². The van der Waals surface area contributed by atoms with Crippen molar-refractivity contribution in [1.82, 2.24) is 0 Å². The molecule has 1 heterocycles. The largest absolute Gasteiger partial charge is 0.457 e. The molecule has 4 nitrogen and oxygen atoms in total. The summed E-state index contributed by atoms with van der Waals surface area (Å²) in [5.74, 6) is 0.761. The number of ether oxygens (including phenoxy) is 1. The number of ketones is 1. The highest BCUT2D eigenvalue weighted by Gasteiger charge is 2.09. The minimum atomic E-state index is -0.377. The summed E-state index contributed by atoms with van der Waals surface area (Å²) in [6.45, 7) is 0.233. The number of allylic oxidation sites excluding steroid dienone is 1. The number of hydrogen-bond acceptors (Lipinski definition) is 4. The van der Waals surface area contributed by atoms with Crippen LogP contribution in [0.15, 0.2) is 108 Å². The van der Waals surface area contributed by atoms with Gasteiger partial charge in [0.15, 0.2) is 5.78 Å². The van der Waals surface area contributed by atoms with Gasteiger partial charge in [0.25, 0.3) is 0 Å². The maximum absolute atomic E-state index is 12.2. The van der Waals surface area contributed by atoms with Gasteiger partial charge in [0.1, 0.15) is 18.1 Å². The zero-order valence-corrected chi connectivity index (χ0v) is 16.7. The standard InChI is InChI=1S/C27H20O4/c28-25(21-9-5-2-6-10-21)17-15-24-16-18-26(31-24)22-11-13-23(14-12-22)27(29)30-19-20-7-3-1-4-8-20/h1-18H,19H2/b17-15+. The van der Waals surface area contributed by atoms with Gasteiger partial charge in [-0.3, -0.25) is 4.79 Å². The number of furan rings is 1. The highest BCUT2D eigenvalue weighted by Crippen LogP contribution is 2.23. The minimum absolute atomic E-state index is 0.0862. The van der Waals surface area contributed by atoms with Crippen LogP contribution in [0.25, 0.3) is 17.4 Å². The van der Waals surface area contributed by atoms with E-state index in [-0.39, 0.29) is 18.4 Å². The van der Waals surface area contributed by atoms with Crippen LogP contribution in [-0.2, 0) is 11.3 Å². The summed E-state index contributed by atoms with van der Waals surface area (Å²) in [5, 5.41) is 0. The summed E-state index contributed by atoms with van der Waals surface area (Å²) in [7, 11) is 0. The number of carbonyl (C=O) groups excluding carboxylic acids is 2. The van der Waals surface area contributed by atoms with Crippen LogP contribution in [-0.4, -0.2) is 11.8 Å². The highest BCUT2D eigenvalue weighted by atomic mass is 16.5. The molecule has 4 heteroatoms. The Morgan fingerprint density at radius 1 is 0.742 bits per heavy atom. The van der Waals surface area contributed by atoms with Gasteiger partial charge >= 0.3 is 5.97 Å². The lowest BCUT2D eigenvalue weighted by atomic mass is 10.1. The van der Waals surface area contributed by atoms with E-state index in [0.717, 1.165) is 11.1 Å². The van der Waals surface area contributed by atoms with Gasteiger partial charge in [0, 0.05) is 11.1 Å². The van der Waals surface area contributed by atoms with Crippen LogP contribution in [0.5, 0.6) is 0 Å². The maximum atomic E-state index is 12.2. The van der Waals surface area contributed by atoms with Crippen molar-refractivity contribution >= 4 is 17.8 Å². The van der Waals surface area contributed by atoms with E-state index >= 15 is 0 Å². The molecule has 0 amide bonds. The van der Waals surface area contributed by atoms with Gasteiger partial charge in [0.2, 0.25) is 0 Å². The summed E-state index contributed by atoms with van der Waals surface area (Å²) in [5.41, 5.74) is 2.86. The molecule has 3 aromatic carbocycles. The molecule has 0 atom stereocenters. The molecule has 0 fully saturated rings. The Morgan fingerprint density at radius 3 is 2.13 bits per heavy atom. The van der Waals surface area contributed by atoms with Crippen molar-refractivity contribution in [2.24, 2.45) is 0 Å². The van der Waals surface area contributed by atoms with Crippen molar-refractivity contribution in [1.29, 1.82) is 0 Å². The van der Waals surface area contributed by atoms with Crippen molar-refractivity contribution in [3.8, 4) is 11.3 Å². The molecule has 0 saturated carbocycles. The van der Waals surface area contributed by atoms with Gasteiger partial charge in [-0.15, -0.1) is 0 Å². The molecule has 152 valence electrons. The second-order valence-corrected chi connectivity index (χ2v) is 6.90. The first-order chi connectivity index (χ1) is 15.2. The molecule has 0 aliphatic carbocycles. The third-order valence-electron chi connectivity index (χ3n) is 4.70. The van der Waals surface area contributed by atoms with E-state index in [0.29, 0.717) is 22.6 Å². The number of hydrogen-bond donors (Lipinski definition) is 0. The fraction of sp³-hybridized carbons (Fsp3) is 0.0370. The maximum Gasteiger partial charge on any atom is 0.338 e. The van der Waals surface area contributed by atoms with Gasteiger partial charge in [-0.1, -0.05) is 72.8 Å². The van der Waals surface area contributed by atoms with E-state index < -0.39 is 0 Å². The molecule has 31 heavy (non-hydrogen) atoms. The van der Waals surface area contributed by atoms with Crippen molar-refractivity contribution in [2.75, 3.05) is 0 Å². The summed E-state index contributed by atoms with van der Waals surface area (Å²) >= 11 is 0. The Balaban J connectivity index is 1.38. The first-order valence-electron chi connectivity index (χ1n) is 9.88. The van der Waals surface area contributed by atoms with Crippen LogP contribution >= 0.6 is 0 Å². The van der Waals surface area contributed by atoms with Crippen LogP contribution in [0.2, 0.25) is 0 Å². The quantitative estimate of drug-likeness (QED) is 0.208. The molecule has 0 radical (unpaired) electrons. The van der Waals surface area contributed by atoms with Crippen LogP contribution < -0.4 is 0 Å². The van der Waals surface area contributed by atoms with Gasteiger partial charge in [0.05, 0.1) is 5.56 Å². The topological polar surface area (TPSA) is 56.5 Å². The molecule has 0 aliphatic rings. The average molecular weight is 408 g/mol. The zero-order valence-electron chi connectivity index (χ0n) is 16.7. The third-order valence-corrected chi connectivity index (χ3v) is 4.70. The molecule has 0 bridgehead atoms. The smallest absolute Gasteiger partial charge is 0.338 e. The Kier molecular flexibility index (Phi) is 6.19. The summed E-state index contributed by atoms with van der Waals surface area (Å²) in [4.78, 5) is 24.4. The van der Waals surface area contributed by atoms with E-state index in [1.54, 1.807) is 48.5 Å². The number of rotatable bonds is 7. The fourth-order valence-electron chi connectivity index (χ4n) is 3.03. The first-order valence-corrected chi connectivity index (χ1v) is 9.88. The van der Waals surface area contributed by atoms with Gasteiger partial charge in [-0.05, 0) is 42.0 Å². The molecule has 4 rings (SSSR count). The van der Waals surface area contributed by atoms with Gasteiger partial charge in [-0.2, -0.15) is 0 Å². The Hall–Kier alpha value is -4.18. The summed E-state index contributed by atoms with van der Waals surface area (Å²) < 4.78 is 11.2. The lowest BCUT2D eigenvalue weighted by Gasteiger charge is -2.05. The zero-order chi connectivity index (χ0) is 21.5. The van der Waals surface area contributed by atoms with Crippen molar-refractivity contribution in [3.63, 3.8) is 0 Å². The van der Waals surface area contributed by atoms with E-state index in [1.165, 1.54) is 6.08 Å². The molecule has 1 aromatic heterocycles. The highest BCUT2D eigenvalue weighted by molar-refractivity contribution is 6.06. The molecule has 0 saturated heterocycles. The second-order valence-electron chi connectivity index (χ2n) is 6.90. The normalized spacial score (nSPS) is 10.8. The van der Waals surface area contributed by atoms with Crippen molar-refractivity contribution in [2.45, 2.75) is 6.61 Å². The fourth-order valence-corrected chi connectivity index (χ4v) is 3.03. The predicted molar refractivity (Wildman–Crippen MR) is 120 cm³/mol. The second kappa shape index (κ2) is 9.55. The minimum Gasteiger partial charge on any atom is -0.457 e. The number of benzene rings is 3. The Morgan fingerprint density at radius 2 is 1.42 bits per heavy atom. The van der Waals surface area contributed by atoms with Crippen LogP contribution in [0, 0.1) is 0 Å². The average Bonchev–Trinajstić information content (AvgIpc) is 3.31.